The van der Waals surface area contributed by atoms with E-state index in [4.69, 9.17) is 0 Å². The first kappa shape index (κ1) is 22.8. The van der Waals surface area contributed by atoms with Gasteiger partial charge in [-0.2, -0.15) is 0 Å². The first-order valence-electron chi connectivity index (χ1n) is 12.0. The van der Waals surface area contributed by atoms with Gasteiger partial charge in [-0.1, -0.05) is 101 Å². The van der Waals surface area contributed by atoms with Crippen molar-refractivity contribution in [1.82, 2.24) is 4.90 Å². The lowest BCUT2D eigenvalue weighted by atomic mass is 9.98. The van der Waals surface area contributed by atoms with Crippen molar-refractivity contribution in [1.29, 1.82) is 0 Å². The van der Waals surface area contributed by atoms with Gasteiger partial charge in [-0.25, -0.2) is 0 Å². The Hall–Kier alpha value is -1.90. The Morgan fingerprint density at radius 1 is 0.700 bits per heavy atom. The molecule has 0 spiro atoms. The molecule has 162 valence electrons. The van der Waals surface area contributed by atoms with E-state index in [-0.39, 0.29) is 0 Å². The summed E-state index contributed by atoms with van der Waals surface area (Å²) >= 11 is 0. The first-order valence-corrected chi connectivity index (χ1v) is 12.0. The molecule has 0 fully saturated rings. The molecule has 3 aromatic carbocycles. The second-order valence-corrected chi connectivity index (χ2v) is 8.70. The van der Waals surface area contributed by atoms with Crippen LogP contribution in [0.15, 0.2) is 54.6 Å². The molecule has 0 aliphatic carbocycles. The minimum absolute atomic E-state index is 0.439. The summed E-state index contributed by atoms with van der Waals surface area (Å²) in [6.45, 7) is 7.44. The number of aliphatic hydroxyl groups is 1. The van der Waals surface area contributed by atoms with Gasteiger partial charge in [0.1, 0.15) is 0 Å². The van der Waals surface area contributed by atoms with Crippen LogP contribution in [-0.4, -0.2) is 29.6 Å². The maximum atomic E-state index is 11.1. The highest BCUT2D eigenvalue weighted by molar-refractivity contribution is 6.07. The van der Waals surface area contributed by atoms with Crippen LogP contribution in [0.5, 0.6) is 0 Å². The van der Waals surface area contributed by atoms with E-state index in [9.17, 15) is 5.11 Å². The molecule has 3 rings (SSSR count). The standard InChI is InChI=1S/C28H39NO/c1-3-5-7-11-19-29(20-12-8-6-4-2)22-28(30)25-18-17-24-16-15-23-13-9-10-14-26(23)27(24)21-25/h9-10,13-18,21,28,30H,3-8,11-12,19-20,22H2,1-2H3. The third-order valence-corrected chi connectivity index (χ3v) is 6.24. The molecule has 0 bridgehead atoms. The van der Waals surface area contributed by atoms with E-state index in [1.165, 1.54) is 72.9 Å². The molecule has 3 aromatic rings. The fourth-order valence-electron chi connectivity index (χ4n) is 4.40. The minimum atomic E-state index is -0.439. The predicted octanol–water partition coefficient (Wildman–Crippen LogP) is 7.49. The van der Waals surface area contributed by atoms with Gasteiger partial charge in [0, 0.05) is 6.54 Å². The molecular weight excluding hydrogens is 366 g/mol. The molecule has 0 saturated heterocycles. The van der Waals surface area contributed by atoms with Gasteiger partial charge in [0.15, 0.2) is 0 Å². The van der Waals surface area contributed by atoms with E-state index in [0.29, 0.717) is 0 Å². The van der Waals surface area contributed by atoms with E-state index in [1.54, 1.807) is 0 Å². The lowest BCUT2D eigenvalue weighted by Gasteiger charge is -2.25. The normalized spacial score (nSPS) is 12.8. The molecule has 1 N–H and O–H groups in total. The number of hydrogen-bond donors (Lipinski definition) is 1. The minimum Gasteiger partial charge on any atom is -0.387 e. The molecule has 0 saturated carbocycles. The maximum absolute atomic E-state index is 11.1. The Morgan fingerprint density at radius 3 is 1.97 bits per heavy atom. The van der Waals surface area contributed by atoms with Gasteiger partial charge < -0.3 is 10.0 Å². The molecule has 0 aliphatic rings. The second-order valence-electron chi connectivity index (χ2n) is 8.70. The van der Waals surface area contributed by atoms with Gasteiger partial charge in [-0.3, -0.25) is 0 Å². The highest BCUT2D eigenvalue weighted by atomic mass is 16.3. The molecule has 1 unspecified atom stereocenters. The fourth-order valence-corrected chi connectivity index (χ4v) is 4.40. The van der Waals surface area contributed by atoms with Crippen molar-refractivity contribution in [3.8, 4) is 0 Å². The van der Waals surface area contributed by atoms with Crippen molar-refractivity contribution in [3.63, 3.8) is 0 Å². The summed E-state index contributed by atoms with van der Waals surface area (Å²) in [5.41, 5.74) is 1.03. The Balaban J connectivity index is 1.72. The Bertz CT molecular complexity index is 891. The quantitative estimate of drug-likeness (QED) is 0.235. The van der Waals surface area contributed by atoms with E-state index in [0.717, 1.165) is 25.2 Å². The van der Waals surface area contributed by atoms with Crippen molar-refractivity contribution in [2.75, 3.05) is 19.6 Å². The number of fused-ring (bicyclic) bond motifs is 3. The zero-order valence-corrected chi connectivity index (χ0v) is 18.9. The van der Waals surface area contributed by atoms with Crippen LogP contribution < -0.4 is 0 Å². The highest BCUT2D eigenvalue weighted by Crippen LogP contribution is 2.28. The molecule has 2 nitrogen and oxygen atoms in total. The summed E-state index contributed by atoms with van der Waals surface area (Å²) in [7, 11) is 0. The molecule has 0 aromatic heterocycles. The maximum Gasteiger partial charge on any atom is 0.0917 e. The van der Waals surface area contributed by atoms with E-state index in [1.807, 2.05) is 0 Å². The molecule has 0 amide bonds. The second kappa shape index (κ2) is 12.1. The molecule has 1 atom stereocenters. The molecule has 30 heavy (non-hydrogen) atoms. The van der Waals surface area contributed by atoms with Crippen LogP contribution in [0.1, 0.15) is 76.9 Å². The number of rotatable bonds is 13. The highest BCUT2D eigenvalue weighted by Gasteiger charge is 2.14. The van der Waals surface area contributed by atoms with Gasteiger partial charge in [-0.05, 0) is 59.1 Å². The zero-order valence-electron chi connectivity index (χ0n) is 18.9. The third-order valence-electron chi connectivity index (χ3n) is 6.24. The van der Waals surface area contributed by atoms with Gasteiger partial charge in [-0.15, -0.1) is 0 Å². The van der Waals surface area contributed by atoms with Crippen LogP contribution in [0, 0.1) is 0 Å². The number of hydrogen-bond acceptors (Lipinski definition) is 2. The summed E-state index contributed by atoms with van der Waals surface area (Å²) in [6.07, 6.45) is 9.76. The van der Waals surface area contributed by atoms with Crippen LogP contribution in [0.25, 0.3) is 21.5 Å². The lowest BCUT2D eigenvalue weighted by molar-refractivity contribution is 0.110. The van der Waals surface area contributed by atoms with Crippen LogP contribution in [-0.2, 0) is 0 Å². The number of aliphatic hydroxyl groups excluding tert-OH is 1. The number of unbranched alkanes of at least 4 members (excludes halogenated alkanes) is 6. The monoisotopic (exact) mass is 405 g/mol. The number of nitrogens with zero attached hydrogens (tertiary/aromatic N) is 1. The predicted molar refractivity (Wildman–Crippen MR) is 131 cm³/mol. The summed E-state index contributed by atoms with van der Waals surface area (Å²) in [5, 5.41) is 16.1. The SMILES string of the molecule is CCCCCCN(CCCCCC)CC(O)c1ccc2ccc3ccccc3c2c1. The largest absolute Gasteiger partial charge is 0.387 e. The zero-order chi connectivity index (χ0) is 21.2. The third kappa shape index (κ3) is 6.30. The smallest absolute Gasteiger partial charge is 0.0917 e. The van der Waals surface area contributed by atoms with Crippen LogP contribution in [0.2, 0.25) is 0 Å². The molecule has 0 radical (unpaired) electrons. The summed E-state index contributed by atoms with van der Waals surface area (Å²) in [4.78, 5) is 2.49. The van der Waals surface area contributed by atoms with Crippen molar-refractivity contribution in [2.45, 2.75) is 71.3 Å². The first-order chi connectivity index (χ1) is 14.7. The fraction of sp³-hybridized carbons (Fsp3) is 0.500. The van der Waals surface area contributed by atoms with Gasteiger partial charge in [0.05, 0.1) is 6.10 Å². The lowest BCUT2D eigenvalue weighted by Crippen LogP contribution is -2.31. The Kier molecular flexibility index (Phi) is 9.17. The summed E-state index contributed by atoms with van der Waals surface area (Å²) < 4.78 is 0. The van der Waals surface area contributed by atoms with Gasteiger partial charge in [0.25, 0.3) is 0 Å². The molecule has 2 heteroatoms. The topological polar surface area (TPSA) is 23.5 Å². The van der Waals surface area contributed by atoms with Gasteiger partial charge >= 0.3 is 0 Å². The van der Waals surface area contributed by atoms with E-state index < -0.39 is 6.10 Å². The van der Waals surface area contributed by atoms with Crippen molar-refractivity contribution >= 4 is 21.5 Å². The Morgan fingerprint density at radius 2 is 1.30 bits per heavy atom. The average molecular weight is 406 g/mol. The molecular formula is C28H39NO. The van der Waals surface area contributed by atoms with E-state index >= 15 is 0 Å². The van der Waals surface area contributed by atoms with E-state index in [2.05, 4.69) is 73.3 Å². The van der Waals surface area contributed by atoms with Crippen LogP contribution in [0.3, 0.4) is 0 Å². The molecule has 0 heterocycles. The average Bonchev–Trinajstić information content (AvgIpc) is 2.78. The van der Waals surface area contributed by atoms with Gasteiger partial charge in [0.2, 0.25) is 0 Å². The van der Waals surface area contributed by atoms with Crippen molar-refractivity contribution in [3.05, 3.63) is 60.2 Å². The van der Waals surface area contributed by atoms with Crippen molar-refractivity contribution in [2.24, 2.45) is 0 Å². The molecule has 0 aliphatic heterocycles. The number of benzene rings is 3. The Labute approximate surface area is 182 Å². The van der Waals surface area contributed by atoms with Crippen molar-refractivity contribution < 1.29 is 5.11 Å². The summed E-state index contributed by atoms with van der Waals surface area (Å²) in [5.74, 6) is 0. The van der Waals surface area contributed by atoms with Crippen LogP contribution in [0.4, 0.5) is 0 Å². The van der Waals surface area contributed by atoms with Crippen LogP contribution >= 0.6 is 0 Å². The summed E-state index contributed by atoms with van der Waals surface area (Å²) in [6, 6.07) is 19.4.